The van der Waals surface area contributed by atoms with Gasteiger partial charge in [0.15, 0.2) is 5.11 Å². The van der Waals surface area contributed by atoms with Crippen molar-refractivity contribution in [2.45, 2.75) is 45.8 Å². The number of rotatable bonds is 4. The number of aromatic nitrogens is 2. The smallest absolute Gasteiger partial charge is 0.174 e. The van der Waals surface area contributed by atoms with Crippen LogP contribution in [0, 0.1) is 19.7 Å². The number of para-hydroxylation sites is 1. The number of halogens is 1. The Morgan fingerprint density at radius 2 is 1.83 bits per heavy atom. The van der Waals surface area contributed by atoms with Crippen molar-refractivity contribution in [3.63, 3.8) is 0 Å². The zero-order valence-corrected chi connectivity index (χ0v) is 17.9. The molecule has 0 radical (unpaired) electrons. The van der Waals surface area contributed by atoms with Crippen LogP contribution >= 0.6 is 12.2 Å². The number of pyridine rings is 1. The molecule has 0 aliphatic carbocycles. The van der Waals surface area contributed by atoms with E-state index >= 15 is 0 Å². The van der Waals surface area contributed by atoms with E-state index in [4.69, 9.17) is 12.2 Å². The maximum atomic E-state index is 14.8. The highest BCUT2D eigenvalue weighted by atomic mass is 32.1. The monoisotopic (exact) mass is 408 g/mol. The summed E-state index contributed by atoms with van der Waals surface area (Å²) >= 11 is 5.68. The summed E-state index contributed by atoms with van der Waals surface area (Å²) < 4.78 is 17.1. The SMILES string of the molecule is Cc1cc([C@@H]2[C@@H](c3ccccn3)NC(=S)N2c2ccccc2F)c(C)n1C(C)C. The minimum atomic E-state index is -0.291. The highest BCUT2D eigenvalue weighted by molar-refractivity contribution is 7.80. The first kappa shape index (κ1) is 19.6. The topological polar surface area (TPSA) is 33.1 Å². The number of aryl methyl sites for hydroxylation is 1. The Bertz CT molecular complexity index is 1040. The van der Waals surface area contributed by atoms with Gasteiger partial charge in [-0.2, -0.15) is 0 Å². The third-order valence-corrected chi connectivity index (χ3v) is 5.88. The molecule has 0 bridgehead atoms. The van der Waals surface area contributed by atoms with Crippen molar-refractivity contribution in [1.82, 2.24) is 14.9 Å². The van der Waals surface area contributed by atoms with Gasteiger partial charge in [0.25, 0.3) is 0 Å². The van der Waals surface area contributed by atoms with Gasteiger partial charge in [0.1, 0.15) is 5.82 Å². The number of anilines is 1. The molecule has 2 aromatic heterocycles. The Labute approximate surface area is 176 Å². The van der Waals surface area contributed by atoms with Gasteiger partial charge in [-0.15, -0.1) is 0 Å². The Balaban J connectivity index is 1.92. The summed E-state index contributed by atoms with van der Waals surface area (Å²) in [5.74, 6) is -0.291. The third kappa shape index (κ3) is 3.31. The lowest BCUT2D eigenvalue weighted by Gasteiger charge is -2.28. The average Bonchev–Trinajstić information content (AvgIpc) is 3.18. The van der Waals surface area contributed by atoms with Crippen LogP contribution in [0.3, 0.4) is 0 Å². The average molecular weight is 409 g/mol. The summed E-state index contributed by atoms with van der Waals surface area (Å²) in [6, 6.07) is 14.8. The molecular formula is C23H25FN4S. The summed E-state index contributed by atoms with van der Waals surface area (Å²) in [5.41, 5.74) is 4.83. The highest BCUT2D eigenvalue weighted by Crippen LogP contribution is 2.44. The Kier molecular flexibility index (Phi) is 5.13. The molecule has 0 unspecified atom stereocenters. The maximum absolute atomic E-state index is 14.8. The predicted octanol–water partition coefficient (Wildman–Crippen LogP) is 5.40. The molecule has 0 amide bonds. The Morgan fingerprint density at radius 1 is 1.10 bits per heavy atom. The van der Waals surface area contributed by atoms with Gasteiger partial charge in [-0.3, -0.25) is 4.98 Å². The largest absolute Gasteiger partial charge is 0.351 e. The summed E-state index contributed by atoms with van der Waals surface area (Å²) in [5, 5.41) is 3.90. The standard InChI is InChI=1S/C23H25FN4S/c1-14(2)27-15(3)13-17(16(27)4)22-21(19-10-7-8-12-25-19)26-23(29)28(22)20-11-6-5-9-18(20)24/h5-14,21-22H,1-4H3,(H,26,29)/t21-,22-/m1/s1. The number of nitrogens with zero attached hydrogens (tertiary/aromatic N) is 3. The number of hydrogen-bond acceptors (Lipinski definition) is 2. The van der Waals surface area contributed by atoms with Gasteiger partial charge in [-0.1, -0.05) is 18.2 Å². The Morgan fingerprint density at radius 3 is 2.45 bits per heavy atom. The first-order valence-electron chi connectivity index (χ1n) is 9.83. The molecule has 3 heterocycles. The van der Waals surface area contributed by atoms with Gasteiger partial charge in [0.05, 0.1) is 23.5 Å². The van der Waals surface area contributed by atoms with Crippen molar-refractivity contribution in [2.75, 3.05) is 4.90 Å². The molecule has 1 N–H and O–H groups in total. The summed E-state index contributed by atoms with van der Waals surface area (Å²) in [6.45, 7) is 8.58. The van der Waals surface area contributed by atoms with E-state index in [1.807, 2.05) is 29.2 Å². The molecule has 0 saturated carbocycles. The van der Waals surface area contributed by atoms with Crippen molar-refractivity contribution in [3.05, 3.63) is 83.2 Å². The first-order chi connectivity index (χ1) is 13.9. The molecule has 1 aliphatic heterocycles. The lowest BCUT2D eigenvalue weighted by Crippen LogP contribution is -2.30. The fourth-order valence-electron chi connectivity index (χ4n) is 4.47. The van der Waals surface area contributed by atoms with Crippen LogP contribution in [0.25, 0.3) is 0 Å². The van der Waals surface area contributed by atoms with E-state index < -0.39 is 0 Å². The number of hydrogen-bond donors (Lipinski definition) is 1. The quantitative estimate of drug-likeness (QED) is 0.586. The van der Waals surface area contributed by atoms with E-state index in [2.05, 4.69) is 48.6 Å². The number of thiocarbonyl (C=S) groups is 1. The van der Waals surface area contributed by atoms with Crippen LogP contribution in [0.15, 0.2) is 54.7 Å². The number of benzene rings is 1. The molecule has 4 nitrogen and oxygen atoms in total. The van der Waals surface area contributed by atoms with Crippen molar-refractivity contribution in [3.8, 4) is 0 Å². The zero-order chi connectivity index (χ0) is 20.7. The van der Waals surface area contributed by atoms with Crippen molar-refractivity contribution in [2.24, 2.45) is 0 Å². The highest BCUT2D eigenvalue weighted by Gasteiger charge is 2.43. The predicted molar refractivity (Wildman–Crippen MR) is 119 cm³/mol. The molecule has 0 spiro atoms. The summed E-state index contributed by atoms with van der Waals surface area (Å²) in [7, 11) is 0. The van der Waals surface area contributed by atoms with Crippen LogP contribution in [0.2, 0.25) is 0 Å². The second-order valence-electron chi connectivity index (χ2n) is 7.74. The molecule has 1 saturated heterocycles. The van der Waals surface area contributed by atoms with Crippen molar-refractivity contribution < 1.29 is 4.39 Å². The van der Waals surface area contributed by atoms with E-state index in [1.54, 1.807) is 18.3 Å². The minimum Gasteiger partial charge on any atom is -0.351 e. The second-order valence-corrected chi connectivity index (χ2v) is 8.12. The molecular weight excluding hydrogens is 383 g/mol. The lowest BCUT2D eigenvalue weighted by atomic mass is 9.96. The van der Waals surface area contributed by atoms with Gasteiger partial charge in [-0.05, 0) is 75.8 Å². The molecule has 29 heavy (non-hydrogen) atoms. The molecule has 4 rings (SSSR count). The van der Waals surface area contributed by atoms with Crippen molar-refractivity contribution >= 4 is 23.0 Å². The van der Waals surface area contributed by atoms with Gasteiger partial charge >= 0.3 is 0 Å². The van der Waals surface area contributed by atoms with Gasteiger partial charge in [-0.25, -0.2) is 4.39 Å². The molecule has 6 heteroatoms. The van der Waals surface area contributed by atoms with Gasteiger partial charge < -0.3 is 14.8 Å². The van der Waals surface area contributed by atoms with Crippen molar-refractivity contribution in [1.29, 1.82) is 0 Å². The number of nitrogens with one attached hydrogen (secondary N) is 1. The van der Waals surface area contributed by atoms with Crippen LogP contribution in [0.4, 0.5) is 10.1 Å². The maximum Gasteiger partial charge on any atom is 0.174 e. The van der Waals surface area contributed by atoms with Crippen LogP contribution < -0.4 is 10.2 Å². The Hall–Kier alpha value is -2.73. The van der Waals surface area contributed by atoms with Crippen LogP contribution in [0.1, 0.15) is 54.6 Å². The zero-order valence-electron chi connectivity index (χ0n) is 17.1. The molecule has 3 aromatic rings. The molecule has 1 fully saturated rings. The second kappa shape index (κ2) is 7.59. The van der Waals surface area contributed by atoms with Crippen LogP contribution in [-0.2, 0) is 0 Å². The van der Waals surface area contributed by atoms with E-state index in [9.17, 15) is 4.39 Å². The lowest BCUT2D eigenvalue weighted by molar-refractivity contribution is 0.542. The van der Waals surface area contributed by atoms with Crippen LogP contribution in [-0.4, -0.2) is 14.7 Å². The first-order valence-corrected chi connectivity index (χ1v) is 10.2. The fraction of sp³-hybridized carbons (Fsp3) is 0.304. The minimum absolute atomic E-state index is 0.176. The molecule has 150 valence electrons. The molecule has 1 aromatic carbocycles. The van der Waals surface area contributed by atoms with E-state index in [0.29, 0.717) is 16.8 Å². The fourth-order valence-corrected chi connectivity index (χ4v) is 4.81. The van der Waals surface area contributed by atoms with Gasteiger partial charge in [0, 0.05) is 23.6 Å². The van der Waals surface area contributed by atoms with Gasteiger partial charge in [0.2, 0.25) is 0 Å². The van der Waals surface area contributed by atoms with E-state index in [0.717, 1.165) is 17.0 Å². The van der Waals surface area contributed by atoms with Crippen LogP contribution in [0.5, 0.6) is 0 Å². The molecule has 2 atom stereocenters. The van der Waals surface area contributed by atoms with E-state index in [-0.39, 0.29) is 17.9 Å². The van der Waals surface area contributed by atoms with E-state index in [1.165, 1.54) is 11.8 Å². The summed E-state index contributed by atoms with van der Waals surface area (Å²) in [6.07, 6.45) is 1.78. The normalized spacial score (nSPS) is 19.1. The summed E-state index contributed by atoms with van der Waals surface area (Å²) in [4.78, 5) is 6.47. The molecule has 1 aliphatic rings. The third-order valence-electron chi connectivity index (χ3n) is 5.57.